The minimum Gasteiger partial charge on any atom is -0.452 e. The predicted octanol–water partition coefficient (Wildman–Crippen LogP) is 21.3. The Balaban J connectivity index is 1.02. The second kappa shape index (κ2) is 20.2. The first kappa shape index (κ1) is 44.4. The standard InChI is InChI=1S/C84H70BN3O/c1-82(2,3)61-38-42-71-67(49-61)68-50-62(83(4,5)6)39-43-72(68)87(71)73-34-22-32-65-66-33-23-35-74(81(66)89-80(65)73)88-76-48-58(54-26-16-11-17-27-54)37-41-70(76)85-69-40-36-57(53-24-14-10-15-25-53)47-75(69)86(77-51-63(84(7,8)9)52-78(88)79(77)85)64-45-59(55-28-18-12-19-29-55)44-60(46-64)56-30-20-13-21-31-56/h10-52H,1-9H3/i10D,11D,14D,15D,16D,17D,24D,25D,26D,27D. The van der Waals surface area contributed by atoms with Gasteiger partial charge in [0.25, 0.3) is 6.71 Å². The Morgan fingerprint density at radius 3 is 1.28 bits per heavy atom. The van der Waals surface area contributed by atoms with Gasteiger partial charge in [0.15, 0.2) is 11.2 Å². The summed E-state index contributed by atoms with van der Waals surface area (Å²) in [7, 11) is 0. The SMILES string of the molecule is [2H]c1c([2H])c([2H])c(-c2ccc3c(c2)N(c2cc(-c4ccccc4)cc(-c4ccccc4)c2)c2cc(C(C)(C)C)cc4c2B3c2ccc(-c3c([2H])c([2H])c([2H])c([2H])c3[2H])cc2N4c2cccc3c2oc2c(-n4c5ccc(C(C)(C)C)cc5c5cc(C(C)(C)C)ccc54)cccc23)c([2H])c1[2H]. The van der Waals surface area contributed by atoms with Crippen molar-refractivity contribution < 1.29 is 18.1 Å². The number of anilines is 6. The molecule has 430 valence electrons. The van der Waals surface area contributed by atoms with Gasteiger partial charge in [-0.15, -0.1) is 0 Å². The highest BCUT2D eigenvalue weighted by Gasteiger charge is 2.45. The number of hydrogen-bond acceptors (Lipinski definition) is 3. The quantitative estimate of drug-likeness (QED) is 0.149. The van der Waals surface area contributed by atoms with E-state index in [0.717, 1.165) is 99.5 Å². The molecule has 4 heterocycles. The van der Waals surface area contributed by atoms with Crippen molar-refractivity contribution in [2.75, 3.05) is 9.80 Å². The summed E-state index contributed by atoms with van der Waals surface area (Å²) in [6, 6.07) is 65.8. The summed E-state index contributed by atoms with van der Waals surface area (Å²) in [6.45, 7) is 19.5. The van der Waals surface area contributed by atoms with Crippen LogP contribution in [0.25, 0.3) is 93.9 Å². The second-order valence-corrected chi connectivity index (χ2v) is 27.0. The molecule has 4 nitrogen and oxygen atoms in total. The zero-order valence-corrected chi connectivity index (χ0v) is 51.4. The van der Waals surface area contributed by atoms with Crippen LogP contribution in [0.4, 0.5) is 34.1 Å². The summed E-state index contributed by atoms with van der Waals surface area (Å²) in [6.07, 6.45) is 0. The summed E-state index contributed by atoms with van der Waals surface area (Å²) in [4.78, 5) is 4.54. The van der Waals surface area contributed by atoms with Crippen LogP contribution >= 0.6 is 0 Å². The van der Waals surface area contributed by atoms with Crippen molar-refractivity contribution in [1.29, 1.82) is 0 Å². The van der Waals surface area contributed by atoms with Gasteiger partial charge in [0.05, 0.1) is 36.1 Å². The number of rotatable bonds is 7. The lowest BCUT2D eigenvalue weighted by Gasteiger charge is -2.45. The zero-order valence-electron chi connectivity index (χ0n) is 61.4. The third-order valence-electron chi connectivity index (χ3n) is 18.4. The molecule has 16 rings (SSSR count). The fourth-order valence-electron chi connectivity index (χ4n) is 13.8. The van der Waals surface area contributed by atoms with E-state index >= 15 is 0 Å². The molecule has 2 aromatic heterocycles. The van der Waals surface area contributed by atoms with Gasteiger partial charge < -0.3 is 18.8 Å². The highest BCUT2D eigenvalue weighted by molar-refractivity contribution is 7.00. The molecule has 0 saturated carbocycles. The minimum absolute atomic E-state index is 0.0617. The minimum atomic E-state index is -0.551. The van der Waals surface area contributed by atoms with Crippen molar-refractivity contribution in [3.63, 3.8) is 0 Å². The van der Waals surface area contributed by atoms with Gasteiger partial charge in [-0.05, 0) is 173 Å². The van der Waals surface area contributed by atoms with E-state index in [4.69, 9.17) is 12.6 Å². The van der Waals surface area contributed by atoms with Crippen molar-refractivity contribution in [2.45, 2.75) is 78.6 Å². The van der Waals surface area contributed by atoms with Gasteiger partial charge in [0.2, 0.25) is 0 Å². The lowest BCUT2D eigenvalue weighted by Crippen LogP contribution is -2.61. The molecule has 0 bridgehead atoms. The summed E-state index contributed by atoms with van der Waals surface area (Å²) in [5.74, 6) is 0. The molecule has 0 radical (unpaired) electrons. The van der Waals surface area contributed by atoms with Crippen LogP contribution in [0.15, 0.2) is 265 Å². The number of nitrogens with zero attached hydrogens (tertiary/aromatic N) is 3. The Kier molecular flexibility index (Phi) is 10.1. The zero-order chi connectivity index (χ0) is 69.4. The van der Waals surface area contributed by atoms with Gasteiger partial charge in [-0.2, -0.15) is 0 Å². The van der Waals surface area contributed by atoms with Crippen molar-refractivity contribution in [3.8, 4) is 50.2 Å². The van der Waals surface area contributed by atoms with Crippen LogP contribution in [-0.2, 0) is 16.2 Å². The molecule has 14 aromatic rings. The Hall–Kier alpha value is -10.1. The van der Waals surface area contributed by atoms with E-state index in [9.17, 15) is 5.48 Å². The maximum atomic E-state index is 9.41. The molecule has 12 aromatic carbocycles. The summed E-state index contributed by atoms with van der Waals surface area (Å²) in [5.41, 5.74) is 19.2. The predicted molar refractivity (Wildman–Crippen MR) is 380 cm³/mol. The Bertz CT molecular complexity index is 5600. The molecular formula is C84H70BN3O. The van der Waals surface area contributed by atoms with E-state index in [0.29, 0.717) is 39.4 Å². The normalized spacial score (nSPS) is 14.7. The van der Waals surface area contributed by atoms with Crippen LogP contribution in [0.5, 0.6) is 0 Å². The number of aromatic nitrogens is 1. The van der Waals surface area contributed by atoms with Gasteiger partial charge in [-0.25, -0.2) is 0 Å². The molecule has 0 aliphatic carbocycles. The van der Waals surface area contributed by atoms with Crippen LogP contribution in [0, 0.1) is 0 Å². The average molecular weight is 1160 g/mol. The van der Waals surface area contributed by atoms with Gasteiger partial charge >= 0.3 is 0 Å². The maximum Gasteiger partial charge on any atom is 0.252 e. The smallest absolute Gasteiger partial charge is 0.252 e. The molecule has 0 amide bonds. The topological polar surface area (TPSA) is 24.6 Å². The Labute approximate surface area is 537 Å². The van der Waals surface area contributed by atoms with Gasteiger partial charge in [0, 0.05) is 50.0 Å². The number of fused-ring (bicyclic) bond motifs is 10. The number of hydrogen-bond donors (Lipinski definition) is 0. The van der Waals surface area contributed by atoms with Crippen LogP contribution in [-0.4, -0.2) is 11.3 Å². The van der Waals surface area contributed by atoms with Gasteiger partial charge in [-0.1, -0.05) is 244 Å². The second-order valence-electron chi connectivity index (χ2n) is 27.0. The van der Waals surface area contributed by atoms with Crippen LogP contribution < -0.4 is 26.2 Å². The molecule has 0 N–H and O–H groups in total. The monoisotopic (exact) mass is 1160 g/mol. The number of para-hydroxylation sites is 2. The van der Waals surface area contributed by atoms with Crippen molar-refractivity contribution in [2.24, 2.45) is 0 Å². The van der Waals surface area contributed by atoms with E-state index in [-0.39, 0.29) is 46.1 Å². The Morgan fingerprint density at radius 2 is 0.787 bits per heavy atom. The maximum absolute atomic E-state index is 9.41. The van der Waals surface area contributed by atoms with E-state index in [1.54, 1.807) is 0 Å². The molecule has 0 unspecified atom stereocenters. The molecule has 2 aliphatic heterocycles. The van der Waals surface area contributed by atoms with Gasteiger partial charge in [0.1, 0.15) is 0 Å². The molecule has 0 atom stereocenters. The van der Waals surface area contributed by atoms with Gasteiger partial charge in [-0.3, -0.25) is 0 Å². The molecule has 2 aliphatic rings. The first-order valence-electron chi connectivity index (χ1n) is 35.7. The highest BCUT2D eigenvalue weighted by Crippen LogP contribution is 2.51. The van der Waals surface area contributed by atoms with E-state index in [1.165, 1.54) is 11.1 Å². The highest BCUT2D eigenvalue weighted by atomic mass is 16.3. The number of benzene rings is 12. The van der Waals surface area contributed by atoms with E-state index in [1.807, 2.05) is 72.8 Å². The largest absolute Gasteiger partial charge is 0.452 e. The van der Waals surface area contributed by atoms with E-state index < -0.39 is 48.4 Å². The average Bonchev–Trinajstić information content (AvgIpc) is 0.979. The van der Waals surface area contributed by atoms with Crippen LogP contribution in [0.3, 0.4) is 0 Å². The first-order chi connectivity index (χ1) is 47.2. The fourth-order valence-corrected chi connectivity index (χ4v) is 13.8. The molecule has 0 fully saturated rings. The molecule has 5 heteroatoms. The third kappa shape index (κ3) is 8.95. The molecule has 89 heavy (non-hydrogen) atoms. The fraction of sp³-hybridized carbons (Fsp3) is 0.143. The lowest BCUT2D eigenvalue weighted by atomic mass is 9.33. The molecular weight excluding hydrogens is 1080 g/mol. The van der Waals surface area contributed by atoms with Crippen molar-refractivity contribution in [1.82, 2.24) is 4.57 Å². The van der Waals surface area contributed by atoms with Crippen LogP contribution in [0.1, 0.15) is 92.7 Å². The third-order valence-corrected chi connectivity index (χ3v) is 18.4. The Morgan fingerprint density at radius 1 is 0.326 bits per heavy atom. The first-order valence-corrected chi connectivity index (χ1v) is 30.7. The van der Waals surface area contributed by atoms with Crippen molar-refractivity contribution in [3.05, 3.63) is 277 Å². The summed E-state index contributed by atoms with van der Waals surface area (Å²) >= 11 is 0. The number of furan rings is 1. The summed E-state index contributed by atoms with van der Waals surface area (Å²) in [5, 5.41) is 4.09. The summed E-state index contributed by atoms with van der Waals surface area (Å²) < 4.78 is 100. The van der Waals surface area contributed by atoms with Crippen molar-refractivity contribution >= 4 is 101 Å². The molecule has 0 saturated heterocycles. The lowest BCUT2D eigenvalue weighted by molar-refractivity contribution is 0.590. The molecule has 0 spiro atoms. The van der Waals surface area contributed by atoms with E-state index in [2.05, 4.69) is 204 Å². The van der Waals surface area contributed by atoms with Crippen LogP contribution in [0.2, 0.25) is 0 Å².